The van der Waals surface area contributed by atoms with Crippen molar-refractivity contribution in [2.24, 2.45) is 5.92 Å². The van der Waals surface area contributed by atoms with E-state index in [4.69, 9.17) is 0 Å². The van der Waals surface area contributed by atoms with E-state index in [1.165, 1.54) is 24.8 Å². The molecule has 1 aromatic heterocycles. The van der Waals surface area contributed by atoms with Crippen molar-refractivity contribution >= 4 is 6.03 Å². The fourth-order valence-electron chi connectivity index (χ4n) is 4.43. The fraction of sp³-hybridized carbons (Fsp3) is 0.474. The van der Waals surface area contributed by atoms with Crippen LogP contribution in [0.5, 0.6) is 0 Å². The average molecular weight is 324 g/mol. The predicted molar refractivity (Wildman–Crippen MR) is 92.4 cm³/mol. The van der Waals surface area contributed by atoms with E-state index >= 15 is 0 Å². The van der Waals surface area contributed by atoms with Gasteiger partial charge in [-0.1, -0.05) is 43.2 Å². The Kier molecular flexibility index (Phi) is 4.00. The lowest BCUT2D eigenvalue weighted by Crippen LogP contribution is -2.69. The van der Waals surface area contributed by atoms with Crippen LogP contribution in [0.2, 0.25) is 0 Å². The van der Waals surface area contributed by atoms with Crippen molar-refractivity contribution in [3.8, 4) is 0 Å². The lowest BCUT2D eigenvalue weighted by Gasteiger charge is -2.61. The minimum Gasteiger partial charge on any atom is -0.336 e. The van der Waals surface area contributed by atoms with Gasteiger partial charge in [0.15, 0.2) is 0 Å². The summed E-state index contributed by atoms with van der Waals surface area (Å²) in [7, 11) is 0. The zero-order valence-corrected chi connectivity index (χ0v) is 13.9. The zero-order valence-electron chi connectivity index (χ0n) is 13.9. The van der Waals surface area contributed by atoms with Gasteiger partial charge in [0.1, 0.15) is 0 Å². The topological polar surface area (TPSA) is 50.2 Å². The Morgan fingerprint density at radius 3 is 2.92 bits per heavy atom. The van der Waals surface area contributed by atoms with Crippen LogP contribution in [-0.2, 0) is 12.1 Å². The minimum absolute atomic E-state index is 0.0668. The van der Waals surface area contributed by atoms with E-state index in [9.17, 15) is 4.79 Å². The van der Waals surface area contributed by atoms with Crippen molar-refractivity contribution in [3.05, 3.63) is 54.6 Å². The largest absolute Gasteiger partial charge is 0.336 e. The Morgan fingerprint density at radius 2 is 2.17 bits per heavy atom. The van der Waals surface area contributed by atoms with E-state index in [0.717, 1.165) is 19.5 Å². The first-order chi connectivity index (χ1) is 11.8. The molecule has 2 heterocycles. The van der Waals surface area contributed by atoms with Gasteiger partial charge in [-0.25, -0.2) is 9.78 Å². The van der Waals surface area contributed by atoms with Crippen LogP contribution in [0.15, 0.2) is 49.1 Å². The second-order valence-corrected chi connectivity index (χ2v) is 6.88. The molecule has 0 spiro atoms. The molecule has 1 aliphatic heterocycles. The summed E-state index contributed by atoms with van der Waals surface area (Å²) < 4.78 is 1.98. The van der Waals surface area contributed by atoms with Gasteiger partial charge in [-0.05, 0) is 18.4 Å². The number of imidazole rings is 1. The summed E-state index contributed by atoms with van der Waals surface area (Å²) in [4.78, 5) is 18.9. The van der Waals surface area contributed by atoms with Crippen LogP contribution >= 0.6 is 0 Å². The van der Waals surface area contributed by atoms with Crippen LogP contribution in [0, 0.1) is 5.92 Å². The SMILES string of the molecule is O=C(NCCn1ccnc1)N1CC2CCCCC21c1ccccc1. The number of likely N-dealkylation sites (tertiary alicyclic amines) is 1. The Balaban J connectivity index is 1.47. The van der Waals surface area contributed by atoms with Crippen LogP contribution in [0.3, 0.4) is 0 Å². The van der Waals surface area contributed by atoms with Gasteiger partial charge in [-0.2, -0.15) is 0 Å². The Labute approximate surface area is 142 Å². The maximum atomic E-state index is 12.8. The molecule has 1 saturated carbocycles. The molecule has 1 aromatic carbocycles. The van der Waals surface area contributed by atoms with E-state index in [1.54, 1.807) is 12.5 Å². The number of benzene rings is 1. The summed E-state index contributed by atoms with van der Waals surface area (Å²) in [5.41, 5.74) is 1.21. The summed E-state index contributed by atoms with van der Waals surface area (Å²) in [6, 6.07) is 10.7. The third-order valence-corrected chi connectivity index (χ3v) is 5.64. The number of hydrogen-bond acceptors (Lipinski definition) is 2. The minimum atomic E-state index is -0.0847. The van der Waals surface area contributed by atoms with Gasteiger partial charge in [0.25, 0.3) is 0 Å². The molecular weight excluding hydrogens is 300 g/mol. The molecule has 5 heteroatoms. The van der Waals surface area contributed by atoms with E-state index in [-0.39, 0.29) is 11.6 Å². The summed E-state index contributed by atoms with van der Waals surface area (Å²) >= 11 is 0. The quantitative estimate of drug-likeness (QED) is 0.940. The second-order valence-electron chi connectivity index (χ2n) is 6.88. The van der Waals surface area contributed by atoms with Crippen molar-refractivity contribution in [1.29, 1.82) is 0 Å². The number of fused-ring (bicyclic) bond motifs is 1. The lowest BCUT2D eigenvalue weighted by molar-refractivity contribution is -0.0793. The number of amides is 2. The maximum Gasteiger partial charge on any atom is 0.318 e. The van der Waals surface area contributed by atoms with Gasteiger partial charge in [-0.3, -0.25) is 0 Å². The first kappa shape index (κ1) is 15.2. The zero-order chi connectivity index (χ0) is 16.4. The maximum absolute atomic E-state index is 12.8. The molecule has 2 amide bonds. The van der Waals surface area contributed by atoms with Crippen molar-refractivity contribution in [2.75, 3.05) is 13.1 Å². The van der Waals surface area contributed by atoms with E-state index in [0.29, 0.717) is 12.5 Å². The average Bonchev–Trinajstić information content (AvgIpc) is 3.10. The molecule has 2 aliphatic rings. The summed E-state index contributed by atoms with van der Waals surface area (Å²) in [5, 5.41) is 3.09. The molecule has 1 aliphatic carbocycles. The van der Waals surface area contributed by atoms with Crippen LogP contribution in [-0.4, -0.2) is 33.6 Å². The molecule has 2 fully saturated rings. The number of nitrogens with zero attached hydrogens (tertiary/aromatic N) is 3. The highest BCUT2D eigenvalue weighted by Crippen LogP contribution is 2.53. The molecular formula is C19H24N4O. The van der Waals surface area contributed by atoms with Crippen LogP contribution in [0.4, 0.5) is 4.79 Å². The molecule has 2 aromatic rings. The molecule has 0 radical (unpaired) electrons. The first-order valence-corrected chi connectivity index (χ1v) is 8.87. The predicted octanol–water partition coefficient (Wildman–Crippen LogP) is 2.99. The van der Waals surface area contributed by atoms with E-state index in [1.807, 2.05) is 16.8 Å². The van der Waals surface area contributed by atoms with Crippen LogP contribution in [0.1, 0.15) is 31.2 Å². The smallest absolute Gasteiger partial charge is 0.318 e. The molecule has 1 saturated heterocycles. The van der Waals surface area contributed by atoms with Crippen molar-refractivity contribution in [1.82, 2.24) is 19.8 Å². The Bertz CT molecular complexity index is 685. The molecule has 126 valence electrons. The standard InChI is InChI=1S/C19H24N4O/c24-18(21-11-13-22-12-10-20-15-22)23-14-17-8-4-5-9-19(17,23)16-6-2-1-3-7-16/h1-3,6-7,10,12,15,17H,4-5,8-9,11,13-14H2,(H,21,24). The summed E-state index contributed by atoms with van der Waals surface area (Å²) in [6.45, 7) is 2.26. The van der Waals surface area contributed by atoms with Gasteiger partial charge >= 0.3 is 6.03 Å². The van der Waals surface area contributed by atoms with Crippen LogP contribution < -0.4 is 5.32 Å². The van der Waals surface area contributed by atoms with Gasteiger partial charge in [0.2, 0.25) is 0 Å². The van der Waals surface area contributed by atoms with Crippen molar-refractivity contribution in [2.45, 2.75) is 37.8 Å². The Hall–Kier alpha value is -2.30. The third-order valence-electron chi connectivity index (χ3n) is 5.64. The number of rotatable bonds is 4. The van der Waals surface area contributed by atoms with Gasteiger partial charge in [0.05, 0.1) is 11.9 Å². The van der Waals surface area contributed by atoms with E-state index < -0.39 is 0 Å². The molecule has 4 rings (SSSR count). The molecule has 2 atom stereocenters. The molecule has 24 heavy (non-hydrogen) atoms. The normalized spacial score (nSPS) is 25.7. The van der Waals surface area contributed by atoms with Crippen molar-refractivity contribution in [3.63, 3.8) is 0 Å². The van der Waals surface area contributed by atoms with Gasteiger partial charge in [0, 0.05) is 37.9 Å². The Morgan fingerprint density at radius 1 is 1.29 bits per heavy atom. The molecule has 1 N–H and O–H groups in total. The highest BCUT2D eigenvalue weighted by molar-refractivity contribution is 5.77. The number of carbonyl (C=O) groups is 1. The lowest BCUT2D eigenvalue weighted by atomic mass is 9.62. The number of urea groups is 1. The van der Waals surface area contributed by atoms with E-state index in [2.05, 4.69) is 39.5 Å². The van der Waals surface area contributed by atoms with Gasteiger partial charge in [-0.15, -0.1) is 0 Å². The number of aromatic nitrogens is 2. The first-order valence-electron chi connectivity index (χ1n) is 8.87. The van der Waals surface area contributed by atoms with Crippen LogP contribution in [0.25, 0.3) is 0 Å². The molecule has 0 bridgehead atoms. The second kappa shape index (κ2) is 6.30. The number of hydrogen-bond donors (Lipinski definition) is 1. The summed E-state index contributed by atoms with van der Waals surface area (Å²) in [6.07, 6.45) is 10.2. The molecule has 2 unspecified atom stereocenters. The fourth-order valence-corrected chi connectivity index (χ4v) is 4.43. The van der Waals surface area contributed by atoms with Gasteiger partial charge < -0.3 is 14.8 Å². The summed E-state index contributed by atoms with van der Waals surface area (Å²) in [5.74, 6) is 0.605. The van der Waals surface area contributed by atoms with Crippen molar-refractivity contribution < 1.29 is 4.79 Å². The number of carbonyl (C=O) groups excluding carboxylic acids is 1. The third kappa shape index (κ3) is 2.48. The monoisotopic (exact) mass is 324 g/mol. The number of nitrogens with one attached hydrogen (secondary N) is 1. The highest BCUT2D eigenvalue weighted by atomic mass is 16.2. The highest BCUT2D eigenvalue weighted by Gasteiger charge is 2.56. The molecule has 5 nitrogen and oxygen atoms in total.